The first-order valence-electron chi connectivity index (χ1n) is 6.75. The second-order valence-corrected chi connectivity index (χ2v) is 5.32. The molecule has 1 aliphatic carbocycles. The molecule has 1 aromatic heterocycles. The second kappa shape index (κ2) is 5.18. The number of rotatable bonds is 5. The number of carbonyl (C=O) groups is 1. The Morgan fingerprint density at radius 3 is 2.62 bits per heavy atom. The summed E-state index contributed by atoms with van der Waals surface area (Å²) in [6.45, 7) is -1.31. The van der Waals surface area contributed by atoms with Crippen LogP contribution in [0.1, 0.15) is 23.4 Å². The molecule has 0 amide bonds. The van der Waals surface area contributed by atoms with Gasteiger partial charge in [0, 0.05) is 11.4 Å². The number of para-hydroxylation sites is 1. The number of halogens is 3. The number of hydrogen-bond acceptors (Lipinski definition) is 3. The highest BCUT2D eigenvalue weighted by molar-refractivity contribution is 5.98. The minimum atomic E-state index is -4.29. The highest BCUT2D eigenvalue weighted by atomic mass is 19.4. The number of Topliss-reactive ketones (excluding diaryl/α,β-unsaturated/α-hetero) is 1. The first-order chi connectivity index (χ1) is 9.92. The molecule has 0 radical (unpaired) electrons. The van der Waals surface area contributed by atoms with Crippen molar-refractivity contribution in [2.45, 2.75) is 25.1 Å². The van der Waals surface area contributed by atoms with Crippen LogP contribution in [0.15, 0.2) is 34.7 Å². The Bertz CT molecular complexity index is 625. The largest absolute Gasteiger partial charge is 0.453 e. The summed E-state index contributed by atoms with van der Waals surface area (Å²) in [6, 6.07) is 8.55. The summed E-state index contributed by atoms with van der Waals surface area (Å²) >= 11 is 0. The molecule has 1 aromatic carbocycles. The van der Waals surface area contributed by atoms with Crippen LogP contribution < -0.4 is 0 Å². The highest BCUT2D eigenvalue weighted by Crippen LogP contribution is 2.30. The quantitative estimate of drug-likeness (QED) is 0.790. The third kappa shape index (κ3) is 3.44. The van der Waals surface area contributed by atoms with E-state index in [1.807, 2.05) is 6.07 Å². The molecule has 0 bridgehead atoms. The average Bonchev–Trinajstić information content (AvgIpc) is 3.15. The minimum Gasteiger partial charge on any atom is -0.453 e. The second-order valence-electron chi connectivity index (χ2n) is 5.32. The van der Waals surface area contributed by atoms with Gasteiger partial charge < -0.3 is 4.42 Å². The van der Waals surface area contributed by atoms with Crippen LogP contribution in [0.4, 0.5) is 13.2 Å². The SMILES string of the molecule is O=C(CN(CC(F)(F)F)C1CC1)c1cc2ccccc2o1. The number of furan rings is 1. The van der Waals surface area contributed by atoms with Gasteiger partial charge >= 0.3 is 6.18 Å². The smallest absolute Gasteiger partial charge is 0.401 e. The first-order valence-corrected chi connectivity index (χ1v) is 6.75. The van der Waals surface area contributed by atoms with E-state index in [4.69, 9.17) is 4.42 Å². The molecule has 0 saturated heterocycles. The number of ketones is 1. The first kappa shape index (κ1) is 14.1. The van der Waals surface area contributed by atoms with Gasteiger partial charge in [-0.25, -0.2) is 0 Å². The number of fused-ring (bicyclic) bond motifs is 1. The van der Waals surface area contributed by atoms with Gasteiger partial charge in [-0.2, -0.15) is 13.2 Å². The van der Waals surface area contributed by atoms with Crippen LogP contribution in [0.25, 0.3) is 11.0 Å². The molecule has 21 heavy (non-hydrogen) atoms. The van der Waals surface area contributed by atoms with Gasteiger partial charge in [0.25, 0.3) is 0 Å². The lowest BCUT2D eigenvalue weighted by atomic mass is 10.2. The van der Waals surface area contributed by atoms with Crippen molar-refractivity contribution in [1.29, 1.82) is 0 Å². The summed E-state index contributed by atoms with van der Waals surface area (Å²) in [4.78, 5) is 13.3. The van der Waals surface area contributed by atoms with Crippen LogP contribution >= 0.6 is 0 Å². The maximum absolute atomic E-state index is 12.5. The van der Waals surface area contributed by atoms with Crippen LogP contribution in [0.5, 0.6) is 0 Å². The lowest BCUT2D eigenvalue weighted by Crippen LogP contribution is -2.39. The Morgan fingerprint density at radius 1 is 1.29 bits per heavy atom. The van der Waals surface area contributed by atoms with E-state index in [2.05, 4.69) is 0 Å². The lowest BCUT2D eigenvalue weighted by molar-refractivity contribution is -0.145. The molecule has 1 fully saturated rings. The number of benzene rings is 1. The molecule has 6 heteroatoms. The van der Waals surface area contributed by atoms with Gasteiger partial charge in [0.2, 0.25) is 5.78 Å². The fraction of sp³-hybridized carbons (Fsp3) is 0.400. The summed E-state index contributed by atoms with van der Waals surface area (Å²) in [7, 11) is 0. The van der Waals surface area contributed by atoms with Gasteiger partial charge in [0.15, 0.2) is 5.76 Å². The van der Waals surface area contributed by atoms with Gasteiger partial charge in [0.1, 0.15) is 5.58 Å². The van der Waals surface area contributed by atoms with Crippen LogP contribution in [0.3, 0.4) is 0 Å². The number of alkyl halides is 3. The predicted octanol–water partition coefficient (Wildman–Crippen LogP) is 3.64. The third-order valence-corrected chi connectivity index (χ3v) is 3.49. The summed E-state index contributed by atoms with van der Waals surface area (Å²) in [6.07, 6.45) is -2.87. The number of nitrogens with zero attached hydrogens (tertiary/aromatic N) is 1. The van der Waals surface area contributed by atoms with Crippen molar-refractivity contribution in [3.05, 3.63) is 36.1 Å². The molecule has 0 N–H and O–H groups in total. The summed E-state index contributed by atoms with van der Waals surface area (Å²) < 4.78 is 43.0. The summed E-state index contributed by atoms with van der Waals surface area (Å²) in [5.74, 6) is -0.300. The van der Waals surface area contributed by atoms with Crippen molar-refractivity contribution in [1.82, 2.24) is 4.90 Å². The highest BCUT2D eigenvalue weighted by Gasteiger charge is 2.39. The third-order valence-electron chi connectivity index (χ3n) is 3.49. The number of hydrogen-bond donors (Lipinski definition) is 0. The van der Waals surface area contributed by atoms with E-state index in [0.717, 1.165) is 5.39 Å². The predicted molar refractivity (Wildman–Crippen MR) is 71.2 cm³/mol. The Morgan fingerprint density at radius 2 is 2.00 bits per heavy atom. The van der Waals surface area contributed by atoms with Crippen LogP contribution in [-0.2, 0) is 0 Å². The van der Waals surface area contributed by atoms with Crippen molar-refractivity contribution >= 4 is 16.8 Å². The molecular weight excluding hydrogens is 283 g/mol. The van der Waals surface area contributed by atoms with Gasteiger partial charge in [-0.3, -0.25) is 9.69 Å². The van der Waals surface area contributed by atoms with Crippen molar-refractivity contribution in [3.8, 4) is 0 Å². The molecule has 3 nitrogen and oxygen atoms in total. The fourth-order valence-corrected chi connectivity index (χ4v) is 2.37. The summed E-state index contributed by atoms with van der Waals surface area (Å²) in [5, 5.41) is 0.773. The van der Waals surface area contributed by atoms with E-state index < -0.39 is 18.5 Å². The zero-order valence-corrected chi connectivity index (χ0v) is 11.2. The molecule has 3 rings (SSSR count). The summed E-state index contributed by atoms with van der Waals surface area (Å²) in [5.41, 5.74) is 0.564. The maximum atomic E-state index is 12.5. The zero-order valence-electron chi connectivity index (χ0n) is 11.2. The van der Waals surface area contributed by atoms with Crippen molar-refractivity contribution in [3.63, 3.8) is 0 Å². The molecule has 0 spiro atoms. The Labute approximate surface area is 119 Å². The standard InChI is InChI=1S/C15H14F3NO2/c16-15(17,18)9-19(11-5-6-11)8-12(20)14-7-10-3-1-2-4-13(10)21-14/h1-4,7,11H,5-6,8-9H2. The van der Waals surface area contributed by atoms with E-state index in [-0.39, 0.29) is 18.3 Å². The monoisotopic (exact) mass is 297 g/mol. The van der Waals surface area contributed by atoms with Gasteiger partial charge in [-0.1, -0.05) is 18.2 Å². The topological polar surface area (TPSA) is 33.5 Å². The zero-order chi connectivity index (χ0) is 15.0. The lowest BCUT2D eigenvalue weighted by Gasteiger charge is -2.21. The van der Waals surface area contributed by atoms with Gasteiger partial charge in [-0.15, -0.1) is 0 Å². The van der Waals surface area contributed by atoms with Crippen LogP contribution in [0, 0.1) is 0 Å². The van der Waals surface area contributed by atoms with Crippen LogP contribution in [0.2, 0.25) is 0 Å². The molecular formula is C15H14F3NO2. The molecule has 2 aromatic rings. The van der Waals surface area contributed by atoms with E-state index >= 15 is 0 Å². The molecule has 112 valence electrons. The fourth-order valence-electron chi connectivity index (χ4n) is 2.37. The van der Waals surface area contributed by atoms with E-state index in [1.165, 1.54) is 4.90 Å². The van der Waals surface area contributed by atoms with Crippen LogP contribution in [-0.4, -0.2) is 36.0 Å². The van der Waals surface area contributed by atoms with E-state index in [0.29, 0.717) is 18.4 Å². The molecule has 1 aliphatic rings. The van der Waals surface area contributed by atoms with Crippen molar-refractivity contribution in [2.24, 2.45) is 0 Å². The van der Waals surface area contributed by atoms with Crippen molar-refractivity contribution in [2.75, 3.05) is 13.1 Å². The normalized spacial score (nSPS) is 15.8. The minimum absolute atomic E-state index is 0.115. The molecule has 0 unspecified atom stereocenters. The average molecular weight is 297 g/mol. The molecule has 0 atom stereocenters. The van der Waals surface area contributed by atoms with Gasteiger partial charge in [0.05, 0.1) is 13.1 Å². The molecule has 0 aliphatic heterocycles. The Kier molecular flexibility index (Phi) is 3.49. The van der Waals surface area contributed by atoms with Crippen molar-refractivity contribution < 1.29 is 22.4 Å². The van der Waals surface area contributed by atoms with E-state index in [9.17, 15) is 18.0 Å². The number of carbonyl (C=O) groups excluding carboxylic acids is 1. The molecule has 1 heterocycles. The van der Waals surface area contributed by atoms with Gasteiger partial charge in [-0.05, 0) is 25.0 Å². The Balaban J connectivity index is 1.74. The maximum Gasteiger partial charge on any atom is 0.401 e. The van der Waals surface area contributed by atoms with E-state index in [1.54, 1.807) is 24.3 Å². The molecule has 1 saturated carbocycles. The Hall–Kier alpha value is -1.82.